The second kappa shape index (κ2) is 5.01. The highest BCUT2D eigenvalue weighted by Crippen LogP contribution is 2.26. The van der Waals surface area contributed by atoms with Gasteiger partial charge in [-0.05, 0) is 50.5 Å². The SMILES string of the molecule is CCC(C)Oc1c(C)cc(C(=O)O)cc1C. The van der Waals surface area contributed by atoms with Gasteiger partial charge < -0.3 is 9.84 Å². The van der Waals surface area contributed by atoms with Crippen LogP contribution in [0.5, 0.6) is 5.75 Å². The summed E-state index contributed by atoms with van der Waals surface area (Å²) in [6.07, 6.45) is 1.08. The molecule has 0 aliphatic rings. The lowest BCUT2D eigenvalue weighted by Gasteiger charge is -2.17. The van der Waals surface area contributed by atoms with Crippen LogP contribution >= 0.6 is 0 Å². The average Bonchev–Trinajstić information content (AvgIpc) is 2.22. The van der Waals surface area contributed by atoms with Crippen LogP contribution in [0.1, 0.15) is 41.8 Å². The Morgan fingerprint density at radius 2 is 1.88 bits per heavy atom. The first-order chi connectivity index (χ1) is 7.45. The molecule has 88 valence electrons. The van der Waals surface area contributed by atoms with Gasteiger partial charge in [-0.1, -0.05) is 6.92 Å². The molecule has 0 aliphatic heterocycles. The van der Waals surface area contributed by atoms with Crippen molar-refractivity contribution in [2.45, 2.75) is 40.2 Å². The third-order valence-corrected chi connectivity index (χ3v) is 2.60. The van der Waals surface area contributed by atoms with E-state index in [9.17, 15) is 4.79 Å². The molecule has 1 N–H and O–H groups in total. The first-order valence-electron chi connectivity index (χ1n) is 5.46. The molecule has 1 aromatic carbocycles. The zero-order chi connectivity index (χ0) is 12.3. The molecule has 3 nitrogen and oxygen atoms in total. The van der Waals surface area contributed by atoms with E-state index in [1.807, 2.05) is 20.8 Å². The Morgan fingerprint density at radius 1 is 1.38 bits per heavy atom. The van der Waals surface area contributed by atoms with Crippen molar-refractivity contribution in [1.29, 1.82) is 0 Å². The lowest BCUT2D eigenvalue weighted by Crippen LogP contribution is -2.12. The fraction of sp³-hybridized carbons (Fsp3) is 0.462. The van der Waals surface area contributed by atoms with Crippen molar-refractivity contribution in [2.24, 2.45) is 0 Å². The number of benzene rings is 1. The highest BCUT2D eigenvalue weighted by molar-refractivity contribution is 5.88. The molecule has 1 aromatic rings. The molecule has 16 heavy (non-hydrogen) atoms. The van der Waals surface area contributed by atoms with E-state index >= 15 is 0 Å². The van der Waals surface area contributed by atoms with Crippen molar-refractivity contribution in [3.63, 3.8) is 0 Å². The summed E-state index contributed by atoms with van der Waals surface area (Å²) in [6, 6.07) is 3.29. The minimum Gasteiger partial charge on any atom is -0.490 e. The van der Waals surface area contributed by atoms with Gasteiger partial charge in [0.1, 0.15) is 5.75 Å². The maximum atomic E-state index is 10.9. The fourth-order valence-electron chi connectivity index (χ4n) is 1.54. The van der Waals surface area contributed by atoms with Gasteiger partial charge >= 0.3 is 5.97 Å². The maximum absolute atomic E-state index is 10.9. The van der Waals surface area contributed by atoms with Gasteiger partial charge in [0.15, 0.2) is 0 Å². The molecule has 1 rings (SSSR count). The maximum Gasteiger partial charge on any atom is 0.335 e. The number of hydrogen-bond donors (Lipinski definition) is 1. The number of hydrogen-bond acceptors (Lipinski definition) is 2. The van der Waals surface area contributed by atoms with Crippen molar-refractivity contribution < 1.29 is 14.6 Å². The van der Waals surface area contributed by atoms with Gasteiger partial charge in [-0.15, -0.1) is 0 Å². The molecule has 0 bridgehead atoms. The van der Waals surface area contributed by atoms with Crippen LogP contribution in [0.15, 0.2) is 12.1 Å². The Morgan fingerprint density at radius 3 is 2.25 bits per heavy atom. The molecule has 0 heterocycles. The Kier molecular flexibility index (Phi) is 3.93. The molecule has 0 saturated carbocycles. The van der Waals surface area contributed by atoms with Crippen LogP contribution in [-0.4, -0.2) is 17.2 Å². The van der Waals surface area contributed by atoms with Crippen LogP contribution < -0.4 is 4.74 Å². The molecule has 0 saturated heterocycles. The zero-order valence-corrected chi connectivity index (χ0v) is 10.2. The summed E-state index contributed by atoms with van der Waals surface area (Å²) < 4.78 is 5.77. The molecule has 0 aliphatic carbocycles. The molecule has 0 radical (unpaired) electrons. The molecule has 0 spiro atoms. The van der Waals surface area contributed by atoms with E-state index in [1.54, 1.807) is 12.1 Å². The van der Waals surface area contributed by atoms with Gasteiger partial charge in [0, 0.05) is 0 Å². The van der Waals surface area contributed by atoms with Crippen molar-refractivity contribution in [3.05, 3.63) is 28.8 Å². The highest BCUT2D eigenvalue weighted by Gasteiger charge is 2.12. The molecular formula is C13H18O3. The first-order valence-corrected chi connectivity index (χ1v) is 5.46. The number of carboxylic acid groups (broad SMARTS) is 1. The summed E-state index contributed by atoms with van der Waals surface area (Å²) in [4.78, 5) is 10.9. The normalized spacial score (nSPS) is 12.2. The number of rotatable bonds is 4. The third-order valence-electron chi connectivity index (χ3n) is 2.60. The highest BCUT2D eigenvalue weighted by atomic mass is 16.5. The molecule has 0 amide bonds. The minimum absolute atomic E-state index is 0.146. The molecule has 3 heteroatoms. The van der Waals surface area contributed by atoms with Gasteiger partial charge in [0.25, 0.3) is 0 Å². The van der Waals surface area contributed by atoms with E-state index in [0.29, 0.717) is 5.56 Å². The molecule has 0 aromatic heterocycles. The standard InChI is InChI=1S/C13H18O3/c1-5-10(4)16-12-8(2)6-11(13(14)15)7-9(12)3/h6-7,10H,5H2,1-4H3,(H,14,15). The number of carboxylic acids is 1. The monoisotopic (exact) mass is 222 g/mol. The topological polar surface area (TPSA) is 46.5 Å². The van der Waals surface area contributed by atoms with Gasteiger partial charge in [0.2, 0.25) is 0 Å². The summed E-state index contributed by atoms with van der Waals surface area (Å²) in [5, 5.41) is 8.91. The lowest BCUT2D eigenvalue weighted by molar-refractivity contribution is 0.0696. The predicted octanol–water partition coefficient (Wildman–Crippen LogP) is 3.18. The number of aromatic carboxylic acids is 1. The Bertz CT molecular complexity index is 373. The quantitative estimate of drug-likeness (QED) is 0.851. The van der Waals surface area contributed by atoms with E-state index < -0.39 is 5.97 Å². The fourth-order valence-corrected chi connectivity index (χ4v) is 1.54. The van der Waals surface area contributed by atoms with E-state index in [-0.39, 0.29) is 6.10 Å². The van der Waals surface area contributed by atoms with Crippen LogP contribution in [0.25, 0.3) is 0 Å². The lowest BCUT2D eigenvalue weighted by atomic mass is 10.1. The van der Waals surface area contributed by atoms with Crippen molar-refractivity contribution >= 4 is 5.97 Å². The number of carbonyl (C=O) groups is 1. The third kappa shape index (κ3) is 2.75. The van der Waals surface area contributed by atoms with Gasteiger partial charge in [-0.25, -0.2) is 4.79 Å². The Labute approximate surface area is 96.1 Å². The van der Waals surface area contributed by atoms with Crippen molar-refractivity contribution in [3.8, 4) is 5.75 Å². The molecular weight excluding hydrogens is 204 g/mol. The van der Waals surface area contributed by atoms with Crippen LogP contribution in [0.3, 0.4) is 0 Å². The average molecular weight is 222 g/mol. The molecule has 0 fully saturated rings. The summed E-state index contributed by atoms with van der Waals surface area (Å²) in [6.45, 7) is 7.80. The molecule has 1 atom stereocenters. The summed E-state index contributed by atoms with van der Waals surface area (Å²) in [5.41, 5.74) is 2.06. The van der Waals surface area contributed by atoms with Crippen LogP contribution in [0, 0.1) is 13.8 Å². The zero-order valence-electron chi connectivity index (χ0n) is 10.2. The van der Waals surface area contributed by atoms with E-state index in [4.69, 9.17) is 9.84 Å². The number of aryl methyl sites for hydroxylation is 2. The largest absolute Gasteiger partial charge is 0.490 e. The van der Waals surface area contributed by atoms with E-state index in [1.165, 1.54) is 0 Å². The molecule has 1 unspecified atom stereocenters. The smallest absolute Gasteiger partial charge is 0.335 e. The second-order valence-electron chi connectivity index (χ2n) is 4.08. The van der Waals surface area contributed by atoms with Gasteiger partial charge in [-0.3, -0.25) is 0 Å². The summed E-state index contributed by atoms with van der Waals surface area (Å²) in [7, 11) is 0. The van der Waals surface area contributed by atoms with Crippen molar-refractivity contribution in [1.82, 2.24) is 0 Å². The summed E-state index contributed by atoms with van der Waals surface area (Å²) in [5.74, 6) is -0.0966. The van der Waals surface area contributed by atoms with Crippen LogP contribution in [-0.2, 0) is 0 Å². The Hall–Kier alpha value is -1.51. The van der Waals surface area contributed by atoms with Crippen LogP contribution in [0.2, 0.25) is 0 Å². The second-order valence-corrected chi connectivity index (χ2v) is 4.08. The minimum atomic E-state index is -0.902. The van der Waals surface area contributed by atoms with Gasteiger partial charge in [0.05, 0.1) is 11.7 Å². The van der Waals surface area contributed by atoms with Gasteiger partial charge in [-0.2, -0.15) is 0 Å². The summed E-state index contributed by atoms with van der Waals surface area (Å²) >= 11 is 0. The first kappa shape index (κ1) is 12.6. The number of ether oxygens (including phenoxy) is 1. The van der Waals surface area contributed by atoms with E-state index in [2.05, 4.69) is 6.92 Å². The van der Waals surface area contributed by atoms with E-state index in [0.717, 1.165) is 23.3 Å². The predicted molar refractivity (Wildman–Crippen MR) is 63.3 cm³/mol. The van der Waals surface area contributed by atoms with Crippen molar-refractivity contribution in [2.75, 3.05) is 0 Å². The Balaban J connectivity index is 3.07. The van der Waals surface area contributed by atoms with Crippen LogP contribution in [0.4, 0.5) is 0 Å².